The van der Waals surface area contributed by atoms with E-state index in [4.69, 9.17) is 4.74 Å². The molecule has 0 unspecified atom stereocenters. The second-order valence-electron chi connectivity index (χ2n) is 5.47. The maximum Gasteiger partial charge on any atom is 0.277 e. The Morgan fingerprint density at radius 1 is 1.35 bits per heavy atom. The van der Waals surface area contributed by atoms with Crippen LogP contribution in [0.3, 0.4) is 0 Å². The van der Waals surface area contributed by atoms with Crippen molar-refractivity contribution in [2.24, 2.45) is 5.10 Å². The number of nitro benzene ring substituents is 1. The van der Waals surface area contributed by atoms with Gasteiger partial charge in [-0.25, -0.2) is 5.43 Å². The number of rotatable bonds is 7. The molecule has 0 aromatic heterocycles. The van der Waals surface area contributed by atoms with Gasteiger partial charge in [0.15, 0.2) is 6.61 Å². The SMILES string of the molecule is CN(C)c1cccc(OCC(=O)N/N=C/c2cc([N+](=O)[O-])ccc2O)c1. The predicted molar refractivity (Wildman–Crippen MR) is 96.8 cm³/mol. The van der Waals surface area contributed by atoms with Crippen LogP contribution in [-0.2, 0) is 4.79 Å². The van der Waals surface area contributed by atoms with Gasteiger partial charge < -0.3 is 14.7 Å². The third kappa shape index (κ3) is 5.20. The fourth-order valence-electron chi connectivity index (χ4n) is 1.97. The summed E-state index contributed by atoms with van der Waals surface area (Å²) in [5, 5.41) is 24.0. The number of nitrogens with one attached hydrogen (secondary N) is 1. The van der Waals surface area contributed by atoms with E-state index in [-0.39, 0.29) is 23.6 Å². The highest BCUT2D eigenvalue weighted by Crippen LogP contribution is 2.21. The summed E-state index contributed by atoms with van der Waals surface area (Å²) < 4.78 is 5.38. The van der Waals surface area contributed by atoms with Gasteiger partial charge in [0.2, 0.25) is 0 Å². The average molecular weight is 358 g/mol. The summed E-state index contributed by atoms with van der Waals surface area (Å²) >= 11 is 0. The highest BCUT2D eigenvalue weighted by atomic mass is 16.6. The van der Waals surface area contributed by atoms with Crippen molar-refractivity contribution in [3.8, 4) is 11.5 Å². The highest BCUT2D eigenvalue weighted by molar-refractivity contribution is 5.86. The molecule has 1 amide bonds. The molecule has 0 radical (unpaired) electrons. The van der Waals surface area contributed by atoms with E-state index >= 15 is 0 Å². The lowest BCUT2D eigenvalue weighted by atomic mass is 10.2. The Bertz CT molecular complexity index is 836. The molecule has 2 rings (SSSR count). The summed E-state index contributed by atoms with van der Waals surface area (Å²) in [6.45, 7) is -0.255. The number of hydrogen-bond acceptors (Lipinski definition) is 7. The largest absolute Gasteiger partial charge is 0.507 e. The number of carbonyl (C=O) groups is 1. The smallest absolute Gasteiger partial charge is 0.277 e. The van der Waals surface area contributed by atoms with E-state index in [2.05, 4.69) is 10.5 Å². The molecule has 0 aliphatic rings. The second kappa shape index (κ2) is 8.47. The van der Waals surface area contributed by atoms with Crippen molar-refractivity contribution in [2.45, 2.75) is 0 Å². The van der Waals surface area contributed by atoms with Crippen molar-refractivity contribution in [1.29, 1.82) is 0 Å². The average Bonchev–Trinajstić information content (AvgIpc) is 2.61. The quantitative estimate of drug-likeness (QED) is 0.443. The van der Waals surface area contributed by atoms with Gasteiger partial charge in [-0.05, 0) is 18.2 Å². The molecule has 26 heavy (non-hydrogen) atoms. The van der Waals surface area contributed by atoms with Crippen LogP contribution in [0.4, 0.5) is 11.4 Å². The molecule has 0 fully saturated rings. The van der Waals surface area contributed by atoms with Crippen LogP contribution in [0.15, 0.2) is 47.6 Å². The Hall–Kier alpha value is -3.62. The van der Waals surface area contributed by atoms with Gasteiger partial charge in [0.05, 0.1) is 11.1 Å². The van der Waals surface area contributed by atoms with Crippen molar-refractivity contribution < 1.29 is 19.6 Å². The molecule has 0 saturated carbocycles. The number of carbonyl (C=O) groups excluding carboxylic acids is 1. The number of anilines is 1. The van der Waals surface area contributed by atoms with Crippen molar-refractivity contribution in [3.05, 3.63) is 58.1 Å². The summed E-state index contributed by atoms with van der Waals surface area (Å²) in [4.78, 5) is 23.8. The zero-order chi connectivity index (χ0) is 19.1. The number of hydrazone groups is 1. The molecule has 0 atom stereocenters. The fraction of sp³-hybridized carbons (Fsp3) is 0.176. The maximum atomic E-state index is 11.8. The number of phenols is 1. The second-order valence-corrected chi connectivity index (χ2v) is 5.47. The highest BCUT2D eigenvalue weighted by Gasteiger charge is 2.09. The molecule has 0 spiro atoms. The van der Waals surface area contributed by atoms with E-state index in [1.165, 1.54) is 12.1 Å². The van der Waals surface area contributed by atoms with E-state index < -0.39 is 10.8 Å². The van der Waals surface area contributed by atoms with Crippen molar-refractivity contribution in [3.63, 3.8) is 0 Å². The number of benzene rings is 2. The number of amides is 1. The first-order valence-electron chi connectivity index (χ1n) is 7.56. The van der Waals surface area contributed by atoms with Crippen molar-refractivity contribution >= 4 is 23.5 Å². The van der Waals surface area contributed by atoms with Gasteiger partial charge in [0.1, 0.15) is 11.5 Å². The Balaban J connectivity index is 1.91. The zero-order valence-electron chi connectivity index (χ0n) is 14.2. The van der Waals surface area contributed by atoms with Crippen LogP contribution >= 0.6 is 0 Å². The normalized spacial score (nSPS) is 10.5. The van der Waals surface area contributed by atoms with Crippen LogP contribution in [0.25, 0.3) is 0 Å². The van der Waals surface area contributed by atoms with Crippen LogP contribution in [0.1, 0.15) is 5.56 Å². The third-order valence-corrected chi connectivity index (χ3v) is 3.32. The molecule has 2 N–H and O–H groups in total. The molecule has 2 aromatic rings. The summed E-state index contributed by atoms with van der Waals surface area (Å²) in [6.07, 6.45) is 1.12. The van der Waals surface area contributed by atoms with Crippen LogP contribution in [0, 0.1) is 10.1 Å². The molecule has 9 heteroatoms. The lowest BCUT2D eigenvalue weighted by molar-refractivity contribution is -0.384. The Labute approximate surface area is 149 Å². The minimum atomic E-state index is -0.592. The molecule has 0 bridgehead atoms. The predicted octanol–water partition coefficient (Wildman–Crippen LogP) is 1.90. The molecule has 0 heterocycles. The molecule has 136 valence electrons. The van der Waals surface area contributed by atoms with Crippen LogP contribution < -0.4 is 15.1 Å². The first kappa shape index (κ1) is 18.7. The standard InChI is InChI=1S/C17H18N4O5/c1-20(2)13-4-3-5-15(9-13)26-11-17(23)19-18-10-12-8-14(21(24)25)6-7-16(12)22/h3-10,22H,11H2,1-2H3,(H,19,23)/b18-10+. The van der Waals surface area contributed by atoms with E-state index in [9.17, 15) is 20.0 Å². The lowest BCUT2D eigenvalue weighted by Crippen LogP contribution is -2.24. The molecule has 0 aliphatic heterocycles. The van der Waals surface area contributed by atoms with Crippen molar-refractivity contribution in [2.75, 3.05) is 25.6 Å². The minimum absolute atomic E-state index is 0.110. The molecule has 2 aromatic carbocycles. The number of non-ortho nitro benzene ring substituents is 1. The molecule has 0 aliphatic carbocycles. The van der Waals surface area contributed by atoms with Gasteiger partial charge in [-0.15, -0.1) is 0 Å². The number of phenolic OH excluding ortho intramolecular Hbond substituents is 1. The molecule has 9 nitrogen and oxygen atoms in total. The van der Waals surface area contributed by atoms with E-state index in [1.807, 2.05) is 31.1 Å². The van der Waals surface area contributed by atoms with Gasteiger partial charge in [0.25, 0.3) is 11.6 Å². The molecule has 0 saturated heterocycles. The number of nitrogens with zero attached hydrogens (tertiary/aromatic N) is 3. The van der Waals surface area contributed by atoms with Gasteiger partial charge in [0, 0.05) is 43.5 Å². The van der Waals surface area contributed by atoms with E-state index in [1.54, 1.807) is 12.1 Å². The summed E-state index contributed by atoms with van der Waals surface area (Å²) in [5.41, 5.74) is 3.08. The molecular formula is C17H18N4O5. The first-order chi connectivity index (χ1) is 12.4. The summed E-state index contributed by atoms with van der Waals surface area (Å²) in [7, 11) is 3.79. The number of aromatic hydroxyl groups is 1. The summed E-state index contributed by atoms with van der Waals surface area (Å²) in [6, 6.07) is 10.7. The third-order valence-electron chi connectivity index (χ3n) is 3.32. The lowest BCUT2D eigenvalue weighted by Gasteiger charge is -2.13. The first-order valence-corrected chi connectivity index (χ1v) is 7.56. The number of ether oxygens (including phenoxy) is 1. The number of nitro groups is 1. The monoisotopic (exact) mass is 358 g/mol. The zero-order valence-corrected chi connectivity index (χ0v) is 14.2. The van der Waals surface area contributed by atoms with Gasteiger partial charge in [-0.1, -0.05) is 6.07 Å². The Kier molecular flexibility index (Phi) is 6.10. The van der Waals surface area contributed by atoms with E-state index in [0.717, 1.165) is 18.0 Å². The Morgan fingerprint density at radius 3 is 2.81 bits per heavy atom. The summed E-state index contributed by atoms with van der Waals surface area (Å²) in [5.74, 6) is -0.168. The van der Waals surface area contributed by atoms with Crippen LogP contribution in [0.2, 0.25) is 0 Å². The van der Waals surface area contributed by atoms with Gasteiger partial charge >= 0.3 is 0 Å². The fourth-order valence-corrected chi connectivity index (χ4v) is 1.97. The topological polar surface area (TPSA) is 117 Å². The molecular weight excluding hydrogens is 340 g/mol. The van der Waals surface area contributed by atoms with E-state index in [0.29, 0.717) is 5.75 Å². The van der Waals surface area contributed by atoms with Crippen molar-refractivity contribution in [1.82, 2.24) is 5.43 Å². The van der Waals surface area contributed by atoms with Crippen LogP contribution in [-0.4, -0.2) is 42.9 Å². The van der Waals surface area contributed by atoms with Gasteiger partial charge in [-0.3, -0.25) is 14.9 Å². The van der Waals surface area contributed by atoms with Crippen LogP contribution in [0.5, 0.6) is 11.5 Å². The number of hydrogen-bond donors (Lipinski definition) is 2. The Morgan fingerprint density at radius 2 is 2.12 bits per heavy atom. The van der Waals surface area contributed by atoms with Gasteiger partial charge in [-0.2, -0.15) is 5.10 Å². The maximum absolute atomic E-state index is 11.8. The minimum Gasteiger partial charge on any atom is -0.507 e.